The van der Waals surface area contributed by atoms with E-state index in [-0.39, 0.29) is 0 Å². The molecule has 1 aromatic carbocycles. The predicted molar refractivity (Wildman–Crippen MR) is 79.0 cm³/mol. The van der Waals surface area contributed by atoms with E-state index >= 15 is 0 Å². The van der Waals surface area contributed by atoms with E-state index in [9.17, 15) is 0 Å². The molecule has 1 N–H and O–H groups in total. The first-order valence-electron chi connectivity index (χ1n) is 6.99. The van der Waals surface area contributed by atoms with Crippen molar-refractivity contribution in [2.24, 2.45) is 0 Å². The average molecular weight is 264 g/mol. The summed E-state index contributed by atoms with van der Waals surface area (Å²) < 4.78 is 0. The minimum absolute atomic E-state index is 0.351. The van der Waals surface area contributed by atoms with Gasteiger partial charge in [0.15, 0.2) is 0 Å². The Kier molecular flexibility index (Phi) is 5.27. The highest BCUT2D eigenvalue weighted by Gasteiger charge is 2.17. The standard InChI is InChI=1S/C16H22ClN/c1-2-11-18-16(13-7-4-3-5-8-13)14-9-6-10-15(17)12-14/h6-7,9-10,12,16,18H,2-5,8,11H2,1H3. The Labute approximate surface area is 115 Å². The van der Waals surface area contributed by atoms with Crippen molar-refractivity contribution in [3.63, 3.8) is 0 Å². The van der Waals surface area contributed by atoms with Crippen LogP contribution in [0.4, 0.5) is 0 Å². The second-order valence-corrected chi connectivity index (χ2v) is 5.40. The van der Waals surface area contributed by atoms with Gasteiger partial charge < -0.3 is 5.32 Å². The molecule has 0 heterocycles. The zero-order chi connectivity index (χ0) is 12.8. The smallest absolute Gasteiger partial charge is 0.0536 e. The molecule has 0 bridgehead atoms. The average Bonchev–Trinajstić information content (AvgIpc) is 2.40. The number of halogens is 1. The molecule has 18 heavy (non-hydrogen) atoms. The number of nitrogens with one attached hydrogen (secondary N) is 1. The third kappa shape index (κ3) is 3.60. The van der Waals surface area contributed by atoms with Gasteiger partial charge in [-0.2, -0.15) is 0 Å². The Balaban J connectivity index is 2.21. The quantitative estimate of drug-likeness (QED) is 0.747. The molecule has 2 heteroatoms. The van der Waals surface area contributed by atoms with Gasteiger partial charge in [-0.15, -0.1) is 0 Å². The zero-order valence-corrected chi connectivity index (χ0v) is 11.8. The van der Waals surface area contributed by atoms with Gasteiger partial charge in [0.2, 0.25) is 0 Å². The molecule has 98 valence electrons. The van der Waals surface area contributed by atoms with Crippen molar-refractivity contribution >= 4 is 11.6 Å². The fourth-order valence-electron chi connectivity index (χ4n) is 2.56. The van der Waals surface area contributed by atoms with Gasteiger partial charge in [-0.1, -0.05) is 42.3 Å². The van der Waals surface area contributed by atoms with Crippen LogP contribution in [0.1, 0.15) is 50.6 Å². The second-order valence-electron chi connectivity index (χ2n) is 4.97. The number of hydrogen-bond donors (Lipinski definition) is 1. The molecule has 1 aliphatic rings. The summed E-state index contributed by atoms with van der Waals surface area (Å²) in [6, 6.07) is 8.60. The van der Waals surface area contributed by atoms with Gasteiger partial charge in [-0.05, 0) is 56.3 Å². The molecule has 0 fully saturated rings. The Morgan fingerprint density at radius 2 is 2.22 bits per heavy atom. The summed E-state index contributed by atoms with van der Waals surface area (Å²) in [5, 5.41) is 4.48. The molecule has 0 spiro atoms. The van der Waals surface area contributed by atoms with Crippen LogP contribution in [0, 0.1) is 0 Å². The molecule has 0 aliphatic heterocycles. The Bertz CT molecular complexity index is 411. The van der Waals surface area contributed by atoms with E-state index in [0.29, 0.717) is 6.04 Å². The summed E-state index contributed by atoms with van der Waals surface area (Å²) in [5.41, 5.74) is 2.83. The third-order valence-corrected chi connectivity index (χ3v) is 3.71. The van der Waals surface area contributed by atoms with Crippen LogP contribution in [0.5, 0.6) is 0 Å². The van der Waals surface area contributed by atoms with Gasteiger partial charge in [-0.25, -0.2) is 0 Å². The summed E-state index contributed by atoms with van der Waals surface area (Å²) in [6.07, 6.45) is 8.66. The highest BCUT2D eigenvalue weighted by Crippen LogP contribution is 2.30. The maximum Gasteiger partial charge on any atom is 0.0536 e. The topological polar surface area (TPSA) is 12.0 Å². The van der Waals surface area contributed by atoms with Crippen molar-refractivity contribution < 1.29 is 0 Å². The highest BCUT2D eigenvalue weighted by molar-refractivity contribution is 6.30. The van der Waals surface area contributed by atoms with Gasteiger partial charge in [0.1, 0.15) is 0 Å². The van der Waals surface area contributed by atoms with Gasteiger partial charge in [0, 0.05) is 5.02 Å². The van der Waals surface area contributed by atoms with E-state index in [0.717, 1.165) is 18.0 Å². The predicted octanol–water partition coefficient (Wildman–Crippen LogP) is 4.88. The van der Waals surface area contributed by atoms with E-state index in [1.54, 1.807) is 0 Å². The third-order valence-electron chi connectivity index (χ3n) is 3.48. The first-order chi connectivity index (χ1) is 8.81. The van der Waals surface area contributed by atoms with Crippen molar-refractivity contribution in [3.05, 3.63) is 46.5 Å². The van der Waals surface area contributed by atoms with Crippen molar-refractivity contribution in [2.75, 3.05) is 6.54 Å². The monoisotopic (exact) mass is 263 g/mol. The molecule has 0 aromatic heterocycles. The van der Waals surface area contributed by atoms with Crippen molar-refractivity contribution in [1.29, 1.82) is 0 Å². The molecule has 0 saturated heterocycles. The molecule has 2 rings (SSSR count). The van der Waals surface area contributed by atoms with Crippen molar-refractivity contribution in [2.45, 2.75) is 45.1 Å². The van der Waals surface area contributed by atoms with Crippen LogP contribution in [0.3, 0.4) is 0 Å². The van der Waals surface area contributed by atoms with E-state index in [4.69, 9.17) is 11.6 Å². The molecule has 1 unspecified atom stereocenters. The lowest BCUT2D eigenvalue weighted by molar-refractivity contribution is 0.547. The van der Waals surface area contributed by atoms with Crippen LogP contribution in [0.25, 0.3) is 0 Å². The number of hydrogen-bond acceptors (Lipinski definition) is 1. The Hall–Kier alpha value is -0.790. The molecule has 0 saturated carbocycles. The first-order valence-corrected chi connectivity index (χ1v) is 7.37. The SMILES string of the molecule is CCCNC(C1=CCCCC1)c1cccc(Cl)c1. The van der Waals surface area contributed by atoms with Crippen molar-refractivity contribution in [3.8, 4) is 0 Å². The fraction of sp³-hybridized carbons (Fsp3) is 0.500. The van der Waals surface area contributed by atoms with Crippen LogP contribution in [-0.4, -0.2) is 6.54 Å². The largest absolute Gasteiger partial charge is 0.307 e. The summed E-state index contributed by atoms with van der Waals surface area (Å²) in [4.78, 5) is 0. The molecular formula is C16H22ClN. The fourth-order valence-corrected chi connectivity index (χ4v) is 2.76. The van der Waals surface area contributed by atoms with E-state index in [1.807, 2.05) is 12.1 Å². The van der Waals surface area contributed by atoms with Crippen LogP contribution in [0.15, 0.2) is 35.9 Å². The normalized spacial score (nSPS) is 17.3. The van der Waals surface area contributed by atoms with E-state index < -0.39 is 0 Å². The van der Waals surface area contributed by atoms with Crippen LogP contribution in [-0.2, 0) is 0 Å². The number of rotatable bonds is 5. The first kappa shape index (κ1) is 13.6. The molecule has 1 atom stereocenters. The van der Waals surface area contributed by atoms with E-state index in [2.05, 4.69) is 30.4 Å². The Morgan fingerprint density at radius 3 is 2.89 bits per heavy atom. The van der Waals surface area contributed by atoms with Crippen LogP contribution in [0.2, 0.25) is 5.02 Å². The lowest BCUT2D eigenvalue weighted by atomic mass is 9.90. The summed E-state index contributed by atoms with van der Waals surface area (Å²) in [7, 11) is 0. The highest BCUT2D eigenvalue weighted by atomic mass is 35.5. The molecule has 1 aromatic rings. The summed E-state index contributed by atoms with van der Waals surface area (Å²) in [5.74, 6) is 0. The lowest BCUT2D eigenvalue weighted by Gasteiger charge is -2.25. The van der Waals surface area contributed by atoms with Crippen LogP contribution < -0.4 is 5.32 Å². The maximum absolute atomic E-state index is 6.11. The summed E-state index contributed by atoms with van der Waals surface area (Å²) in [6.45, 7) is 3.26. The van der Waals surface area contributed by atoms with Crippen molar-refractivity contribution in [1.82, 2.24) is 5.32 Å². The maximum atomic E-state index is 6.11. The molecular weight excluding hydrogens is 242 g/mol. The van der Waals surface area contributed by atoms with E-state index in [1.165, 1.54) is 36.8 Å². The minimum Gasteiger partial charge on any atom is -0.307 e. The molecule has 0 radical (unpaired) electrons. The van der Waals surface area contributed by atoms with Gasteiger partial charge in [-0.3, -0.25) is 0 Å². The number of allylic oxidation sites excluding steroid dienone is 1. The minimum atomic E-state index is 0.351. The lowest BCUT2D eigenvalue weighted by Crippen LogP contribution is -2.24. The number of benzene rings is 1. The summed E-state index contributed by atoms with van der Waals surface area (Å²) >= 11 is 6.11. The Morgan fingerprint density at radius 1 is 1.33 bits per heavy atom. The molecule has 0 amide bonds. The van der Waals surface area contributed by atoms with Gasteiger partial charge >= 0.3 is 0 Å². The molecule has 1 nitrogen and oxygen atoms in total. The van der Waals surface area contributed by atoms with Gasteiger partial charge in [0.25, 0.3) is 0 Å². The van der Waals surface area contributed by atoms with Gasteiger partial charge in [0.05, 0.1) is 6.04 Å². The van der Waals surface area contributed by atoms with Crippen LogP contribution >= 0.6 is 11.6 Å². The molecule has 1 aliphatic carbocycles. The second kappa shape index (κ2) is 6.96. The zero-order valence-electron chi connectivity index (χ0n) is 11.1.